The van der Waals surface area contributed by atoms with E-state index in [0.717, 1.165) is 77.3 Å². The molecule has 8 fully saturated rings. The van der Waals surface area contributed by atoms with Gasteiger partial charge in [-0.1, -0.05) is 41.5 Å². The Balaban J connectivity index is 0.929. The van der Waals surface area contributed by atoms with Crippen molar-refractivity contribution in [3.63, 3.8) is 0 Å². The molecule has 8 aliphatic rings. The number of hydrogen-bond donors (Lipinski definition) is 2. The van der Waals surface area contributed by atoms with Gasteiger partial charge in [-0.25, -0.2) is 22.7 Å². The van der Waals surface area contributed by atoms with Gasteiger partial charge in [-0.2, -0.15) is 13.2 Å². The molecule has 3 aliphatic heterocycles. The molecule has 12 atom stereocenters. The predicted octanol–water partition coefficient (Wildman–Crippen LogP) is 6.30. The lowest BCUT2D eigenvalue weighted by molar-refractivity contribution is -0.185. The molecular weight excluding hydrogens is 728 g/mol. The average Bonchev–Trinajstić information content (AvgIpc) is 3.67. The van der Waals surface area contributed by atoms with Crippen LogP contribution in [0.5, 0.6) is 0 Å². The third-order valence-electron chi connectivity index (χ3n) is 17.1. The van der Waals surface area contributed by atoms with Crippen molar-refractivity contribution in [3.05, 3.63) is 0 Å². The summed E-state index contributed by atoms with van der Waals surface area (Å²) in [7, 11) is -5.42. The van der Waals surface area contributed by atoms with Gasteiger partial charge >= 0.3 is 27.7 Å². The molecule has 15 heteroatoms. The lowest BCUT2D eigenvalue weighted by atomic mass is 9.41. The Hall–Kier alpha value is -1.84. The third-order valence-corrected chi connectivity index (χ3v) is 18.3. The van der Waals surface area contributed by atoms with Gasteiger partial charge < -0.3 is 29.1 Å². The lowest BCUT2D eigenvalue weighted by Gasteiger charge is -2.63. The number of carbonyl (C=O) groups excluding carboxylic acids is 2. The van der Waals surface area contributed by atoms with E-state index in [-0.39, 0.29) is 89.1 Å². The molecule has 0 aromatic heterocycles. The van der Waals surface area contributed by atoms with Gasteiger partial charge in [0.1, 0.15) is 12.2 Å². The molecule has 2 amide bonds. The minimum Gasteiger partial charge on any atom is -0.446 e. The molecule has 5 saturated carbocycles. The Bertz CT molecular complexity index is 1640. The van der Waals surface area contributed by atoms with Gasteiger partial charge in [-0.3, -0.25) is 0 Å². The van der Waals surface area contributed by atoms with Crippen molar-refractivity contribution < 1.29 is 50.5 Å². The topological polar surface area (TPSA) is 135 Å². The zero-order chi connectivity index (χ0) is 39.0. The van der Waals surface area contributed by atoms with E-state index in [1.165, 1.54) is 4.90 Å². The average molecular weight is 788 g/mol. The molecule has 0 bridgehead atoms. The summed E-state index contributed by atoms with van der Waals surface area (Å²) in [6.07, 6.45) is 7.07. The van der Waals surface area contributed by atoms with Crippen LogP contribution in [0.1, 0.15) is 106 Å². The number of carbonyl (C=O) groups is 2. The van der Waals surface area contributed by atoms with Crippen LogP contribution < -0.4 is 4.72 Å². The SMILES string of the molecule is CC(C)C(OC(=O)N1CCC1)C1CCC2C(O1)C(O)C1(C)C3CCC4C(C)(C)C(OC(=O)N5CC(CNS(=O)(=O)C(F)(F)F)C5)CCC45CC35CCC21C. The second kappa shape index (κ2) is 12.6. The third kappa shape index (κ3) is 5.38. The number of sulfonamides is 1. The van der Waals surface area contributed by atoms with E-state index in [4.69, 9.17) is 14.2 Å². The smallest absolute Gasteiger partial charge is 0.446 e. The Morgan fingerprint density at radius 1 is 0.926 bits per heavy atom. The first-order valence-electron chi connectivity index (χ1n) is 20.4. The highest BCUT2D eigenvalue weighted by Gasteiger charge is 2.84. The standard InChI is InChI=1S/C39H60F3N3O8S/c1-22(2)29(53-32(47)44-16-7-17-44)25-9-8-24-30(51-25)31(46)36(6)27-11-10-26-34(3,4)28(12-13-37(26)21-38(27,37)15-14-35(24,36)5)52-33(48)45-19-23(20-45)18-43-54(49,50)39(40,41)42/h22-31,43,46H,7-21H2,1-6H3. The van der Waals surface area contributed by atoms with Gasteiger partial charge in [0.15, 0.2) is 0 Å². The second-order valence-corrected chi connectivity index (χ2v) is 21.6. The van der Waals surface area contributed by atoms with Crippen molar-refractivity contribution in [1.82, 2.24) is 14.5 Å². The predicted molar refractivity (Wildman–Crippen MR) is 191 cm³/mol. The number of nitrogens with one attached hydrogen (secondary N) is 1. The monoisotopic (exact) mass is 787 g/mol. The number of alkyl halides is 3. The summed E-state index contributed by atoms with van der Waals surface area (Å²) in [6, 6.07) is 0. The normalized spacial score (nSPS) is 44.4. The number of nitrogens with zero attached hydrogens (tertiary/aromatic N) is 2. The molecule has 2 N–H and O–H groups in total. The van der Waals surface area contributed by atoms with Gasteiger partial charge in [-0.15, -0.1) is 0 Å². The molecule has 12 unspecified atom stereocenters. The Morgan fingerprint density at radius 2 is 1.59 bits per heavy atom. The molecular formula is C39H60F3N3O8S. The zero-order valence-corrected chi connectivity index (χ0v) is 33.4. The van der Waals surface area contributed by atoms with Crippen molar-refractivity contribution >= 4 is 22.2 Å². The van der Waals surface area contributed by atoms with Crippen molar-refractivity contribution in [3.8, 4) is 0 Å². The van der Waals surface area contributed by atoms with Crippen LogP contribution in [0, 0.1) is 56.7 Å². The molecule has 3 heterocycles. The number of hydrogen-bond acceptors (Lipinski definition) is 8. The fraction of sp³-hybridized carbons (Fsp3) is 0.949. The summed E-state index contributed by atoms with van der Waals surface area (Å²) in [4.78, 5) is 29.3. The fourth-order valence-corrected chi connectivity index (χ4v) is 14.5. The summed E-state index contributed by atoms with van der Waals surface area (Å²) >= 11 is 0. The fourth-order valence-electron chi connectivity index (χ4n) is 13.9. The van der Waals surface area contributed by atoms with Crippen LogP contribution in [0.4, 0.5) is 22.8 Å². The van der Waals surface area contributed by atoms with Crippen LogP contribution >= 0.6 is 0 Å². The summed E-state index contributed by atoms with van der Waals surface area (Å²) in [5, 5.41) is 12.5. The first-order valence-corrected chi connectivity index (χ1v) is 21.9. The van der Waals surface area contributed by atoms with Crippen LogP contribution in [0.2, 0.25) is 0 Å². The quantitative estimate of drug-likeness (QED) is 0.308. The van der Waals surface area contributed by atoms with Gasteiger partial charge in [-0.05, 0) is 104 Å². The molecule has 54 heavy (non-hydrogen) atoms. The van der Waals surface area contributed by atoms with Crippen molar-refractivity contribution in [2.24, 2.45) is 56.7 Å². The van der Waals surface area contributed by atoms with Gasteiger partial charge in [0.2, 0.25) is 0 Å². The Labute approximate surface area is 317 Å². The van der Waals surface area contributed by atoms with E-state index >= 15 is 0 Å². The Kier molecular flexibility index (Phi) is 9.09. The molecule has 0 aromatic rings. The van der Waals surface area contributed by atoms with Crippen LogP contribution in [0.25, 0.3) is 0 Å². The van der Waals surface area contributed by atoms with Crippen LogP contribution in [0.3, 0.4) is 0 Å². The van der Waals surface area contributed by atoms with E-state index in [9.17, 15) is 36.3 Å². The van der Waals surface area contributed by atoms with E-state index in [1.807, 2.05) is 0 Å². The van der Waals surface area contributed by atoms with Crippen molar-refractivity contribution in [2.75, 3.05) is 32.7 Å². The zero-order valence-electron chi connectivity index (χ0n) is 32.6. The maximum atomic E-state index is 13.2. The number of fused-ring (bicyclic) bond motifs is 4. The summed E-state index contributed by atoms with van der Waals surface area (Å²) in [6.45, 7) is 14.7. The van der Waals surface area contributed by atoms with E-state index in [2.05, 4.69) is 41.5 Å². The summed E-state index contributed by atoms with van der Waals surface area (Å²) in [5.41, 5.74) is -5.85. The number of aliphatic hydroxyl groups excluding tert-OH is 1. The summed E-state index contributed by atoms with van der Waals surface area (Å²) < 4.78 is 81.7. The first-order chi connectivity index (χ1) is 25.1. The highest BCUT2D eigenvalue weighted by molar-refractivity contribution is 7.90. The van der Waals surface area contributed by atoms with Crippen LogP contribution in [-0.2, 0) is 24.2 Å². The molecule has 8 rings (SSSR count). The lowest BCUT2D eigenvalue weighted by Crippen LogP contribution is -2.60. The minimum absolute atomic E-state index is 0.0833. The minimum atomic E-state index is -5.42. The largest absolute Gasteiger partial charge is 0.511 e. The number of rotatable bonds is 7. The maximum absolute atomic E-state index is 13.2. The van der Waals surface area contributed by atoms with E-state index in [1.54, 1.807) is 9.62 Å². The van der Waals surface area contributed by atoms with Crippen LogP contribution in [0.15, 0.2) is 0 Å². The molecule has 0 radical (unpaired) electrons. The van der Waals surface area contributed by atoms with Gasteiger partial charge in [0, 0.05) is 49.5 Å². The van der Waals surface area contributed by atoms with Crippen molar-refractivity contribution in [2.45, 2.75) is 142 Å². The molecule has 2 spiro atoms. The number of halogens is 3. The number of aliphatic hydroxyl groups is 1. The molecule has 3 saturated heterocycles. The molecule has 5 aliphatic carbocycles. The number of ether oxygens (including phenoxy) is 3. The number of amides is 2. The van der Waals surface area contributed by atoms with E-state index in [0.29, 0.717) is 11.8 Å². The molecule has 0 aromatic carbocycles. The second-order valence-electron chi connectivity index (χ2n) is 19.9. The number of likely N-dealkylation sites (tertiary alicyclic amines) is 2. The van der Waals surface area contributed by atoms with Gasteiger partial charge in [0.25, 0.3) is 0 Å². The summed E-state index contributed by atoms with van der Waals surface area (Å²) in [5.74, 6) is 0.596. The van der Waals surface area contributed by atoms with E-state index < -0.39 is 33.6 Å². The van der Waals surface area contributed by atoms with Crippen LogP contribution in [-0.4, -0.2) is 104 Å². The van der Waals surface area contributed by atoms with Crippen molar-refractivity contribution in [1.29, 1.82) is 0 Å². The van der Waals surface area contributed by atoms with Gasteiger partial charge in [0.05, 0.1) is 18.3 Å². The highest BCUT2D eigenvalue weighted by atomic mass is 32.2. The maximum Gasteiger partial charge on any atom is 0.511 e. The highest BCUT2D eigenvalue weighted by Crippen LogP contribution is 2.89. The molecule has 11 nitrogen and oxygen atoms in total. The molecule has 306 valence electrons. The first kappa shape index (κ1) is 39.0. The Morgan fingerprint density at radius 3 is 2.22 bits per heavy atom.